The standard InChI is InChI=1S/C14H21O3/c1-4-5-6-16-13-7-12(10-15)8-14(9-13)17-11(2)3/h7-11,15H,4-6H2,1-3H3. The first-order valence-electron chi connectivity index (χ1n) is 6.07. The molecule has 1 N–H and O–H groups in total. The van der Waals surface area contributed by atoms with Crippen LogP contribution in [0.3, 0.4) is 0 Å². The summed E-state index contributed by atoms with van der Waals surface area (Å²) in [5.74, 6) is 1.45. The van der Waals surface area contributed by atoms with Gasteiger partial charge in [-0.05, 0) is 38.0 Å². The van der Waals surface area contributed by atoms with E-state index in [0.29, 0.717) is 17.9 Å². The van der Waals surface area contributed by atoms with E-state index in [2.05, 4.69) is 6.92 Å². The Morgan fingerprint density at radius 3 is 2.53 bits per heavy atom. The van der Waals surface area contributed by atoms with Gasteiger partial charge in [-0.3, -0.25) is 0 Å². The topological polar surface area (TPSA) is 38.7 Å². The van der Waals surface area contributed by atoms with Crippen molar-refractivity contribution in [2.45, 2.75) is 39.7 Å². The summed E-state index contributed by atoms with van der Waals surface area (Å²) in [5, 5.41) is 9.06. The molecule has 0 saturated heterocycles. The average molecular weight is 237 g/mol. The molecule has 0 saturated carbocycles. The zero-order chi connectivity index (χ0) is 12.7. The second-order valence-electron chi connectivity index (χ2n) is 4.24. The third-order valence-electron chi connectivity index (χ3n) is 2.19. The Morgan fingerprint density at radius 1 is 1.24 bits per heavy atom. The molecule has 1 aromatic carbocycles. The minimum atomic E-state index is 0.104. The van der Waals surface area contributed by atoms with Crippen LogP contribution < -0.4 is 9.47 Å². The number of rotatable bonds is 7. The fraction of sp³-hybridized carbons (Fsp3) is 0.500. The Balaban J connectivity index is 2.74. The fourth-order valence-electron chi connectivity index (χ4n) is 1.43. The largest absolute Gasteiger partial charge is 0.493 e. The van der Waals surface area contributed by atoms with Crippen molar-refractivity contribution in [3.63, 3.8) is 0 Å². The van der Waals surface area contributed by atoms with Gasteiger partial charge in [-0.2, -0.15) is 0 Å². The quantitative estimate of drug-likeness (QED) is 0.737. The first kappa shape index (κ1) is 13.8. The van der Waals surface area contributed by atoms with Crippen molar-refractivity contribution in [3.8, 4) is 11.5 Å². The third-order valence-corrected chi connectivity index (χ3v) is 2.19. The lowest BCUT2D eigenvalue weighted by Gasteiger charge is -2.13. The number of unbranched alkanes of at least 4 members (excludes halogenated alkanes) is 1. The van der Waals surface area contributed by atoms with E-state index in [0.717, 1.165) is 25.2 Å². The fourth-order valence-corrected chi connectivity index (χ4v) is 1.43. The molecule has 1 radical (unpaired) electrons. The molecule has 0 fully saturated rings. The second kappa shape index (κ2) is 7.17. The van der Waals surface area contributed by atoms with Crippen LogP contribution in [0, 0.1) is 6.61 Å². The van der Waals surface area contributed by atoms with Gasteiger partial charge in [0.1, 0.15) is 18.1 Å². The highest BCUT2D eigenvalue weighted by Crippen LogP contribution is 2.24. The molecule has 0 atom stereocenters. The summed E-state index contributed by atoms with van der Waals surface area (Å²) in [6.45, 7) is 7.79. The summed E-state index contributed by atoms with van der Waals surface area (Å²) < 4.78 is 11.2. The molecule has 0 unspecified atom stereocenters. The van der Waals surface area contributed by atoms with Gasteiger partial charge in [0.25, 0.3) is 0 Å². The molecule has 0 aliphatic heterocycles. The summed E-state index contributed by atoms with van der Waals surface area (Å²) in [6, 6.07) is 5.43. The number of hydrogen-bond donors (Lipinski definition) is 1. The summed E-state index contributed by atoms with van der Waals surface area (Å²) in [6.07, 6.45) is 2.22. The van der Waals surface area contributed by atoms with Gasteiger partial charge in [-0.25, -0.2) is 0 Å². The van der Waals surface area contributed by atoms with Crippen LogP contribution in [0.1, 0.15) is 39.2 Å². The van der Waals surface area contributed by atoms with Crippen LogP contribution in [0.5, 0.6) is 11.5 Å². The van der Waals surface area contributed by atoms with E-state index in [4.69, 9.17) is 14.6 Å². The molecule has 3 heteroatoms. The Labute approximate surface area is 103 Å². The van der Waals surface area contributed by atoms with E-state index >= 15 is 0 Å². The Kier molecular flexibility index (Phi) is 5.84. The molecule has 0 aliphatic carbocycles. The number of ether oxygens (including phenoxy) is 2. The molecule has 0 amide bonds. The smallest absolute Gasteiger partial charge is 0.123 e. The predicted molar refractivity (Wildman–Crippen MR) is 67.9 cm³/mol. The molecule has 0 bridgehead atoms. The summed E-state index contributed by atoms with van der Waals surface area (Å²) in [4.78, 5) is 0. The first-order valence-corrected chi connectivity index (χ1v) is 6.07. The highest BCUT2D eigenvalue weighted by atomic mass is 16.5. The van der Waals surface area contributed by atoms with Gasteiger partial charge in [0.15, 0.2) is 0 Å². The number of hydrogen-bond acceptors (Lipinski definition) is 3. The van der Waals surface area contributed by atoms with Gasteiger partial charge < -0.3 is 14.6 Å². The molecule has 0 aliphatic rings. The van der Waals surface area contributed by atoms with Crippen LogP contribution in [0.15, 0.2) is 18.2 Å². The molecular formula is C14H21O3. The molecular weight excluding hydrogens is 216 g/mol. The number of aliphatic hydroxyl groups is 1. The maximum absolute atomic E-state index is 9.06. The van der Waals surface area contributed by atoms with Crippen molar-refractivity contribution in [1.82, 2.24) is 0 Å². The van der Waals surface area contributed by atoms with E-state index in [9.17, 15) is 0 Å². The molecule has 0 spiro atoms. The number of aliphatic hydroxyl groups excluding tert-OH is 1. The first-order chi connectivity index (χ1) is 8.15. The van der Waals surface area contributed by atoms with E-state index in [-0.39, 0.29) is 6.10 Å². The molecule has 17 heavy (non-hydrogen) atoms. The SMILES string of the molecule is CCCCOc1cc([CH]O)cc(OC(C)C)c1. The van der Waals surface area contributed by atoms with Crippen molar-refractivity contribution >= 4 is 0 Å². The van der Waals surface area contributed by atoms with Crippen molar-refractivity contribution in [2.75, 3.05) is 6.61 Å². The number of benzene rings is 1. The Morgan fingerprint density at radius 2 is 1.94 bits per heavy atom. The monoisotopic (exact) mass is 237 g/mol. The van der Waals surface area contributed by atoms with Gasteiger partial charge in [-0.15, -0.1) is 0 Å². The zero-order valence-corrected chi connectivity index (χ0v) is 10.8. The molecule has 1 aromatic rings. The van der Waals surface area contributed by atoms with Crippen LogP contribution in [0.2, 0.25) is 0 Å². The Bertz CT molecular complexity index is 334. The maximum Gasteiger partial charge on any atom is 0.123 e. The average Bonchev–Trinajstić information content (AvgIpc) is 2.28. The molecule has 0 heterocycles. The predicted octanol–water partition coefficient (Wildman–Crippen LogP) is 3.54. The van der Waals surface area contributed by atoms with E-state index < -0.39 is 0 Å². The van der Waals surface area contributed by atoms with Crippen molar-refractivity contribution in [2.24, 2.45) is 0 Å². The van der Waals surface area contributed by atoms with Gasteiger partial charge >= 0.3 is 0 Å². The van der Waals surface area contributed by atoms with Gasteiger partial charge in [0, 0.05) is 6.07 Å². The van der Waals surface area contributed by atoms with E-state index in [1.54, 1.807) is 12.1 Å². The van der Waals surface area contributed by atoms with Gasteiger partial charge in [0.2, 0.25) is 0 Å². The summed E-state index contributed by atoms with van der Waals surface area (Å²) in [7, 11) is 0. The highest BCUT2D eigenvalue weighted by molar-refractivity contribution is 5.40. The van der Waals surface area contributed by atoms with Crippen LogP contribution in [-0.4, -0.2) is 17.8 Å². The van der Waals surface area contributed by atoms with Gasteiger partial charge in [-0.1, -0.05) is 13.3 Å². The maximum atomic E-state index is 9.06. The second-order valence-corrected chi connectivity index (χ2v) is 4.24. The van der Waals surface area contributed by atoms with Crippen LogP contribution in [0.25, 0.3) is 0 Å². The van der Waals surface area contributed by atoms with Crippen LogP contribution in [0.4, 0.5) is 0 Å². The normalized spacial score (nSPS) is 10.6. The molecule has 95 valence electrons. The molecule has 3 nitrogen and oxygen atoms in total. The molecule has 0 aromatic heterocycles. The van der Waals surface area contributed by atoms with Crippen LogP contribution in [-0.2, 0) is 0 Å². The van der Waals surface area contributed by atoms with Gasteiger partial charge in [0.05, 0.1) is 12.7 Å². The van der Waals surface area contributed by atoms with E-state index in [1.165, 1.54) is 0 Å². The Hall–Kier alpha value is -1.22. The molecule has 1 rings (SSSR count). The minimum absolute atomic E-state index is 0.104. The van der Waals surface area contributed by atoms with E-state index in [1.807, 2.05) is 19.9 Å². The summed E-state index contributed by atoms with van der Waals surface area (Å²) >= 11 is 0. The van der Waals surface area contributed by atoms with Crippen molar-refractivity contribution < 1.29 is 14.6 Å². The van der Waals surface area contributed by atoms with Crippen LogP contribution >= 0.6 is 0 Å². The third kappa shape index (κ3) is 5.09. The lowest BCUT2D eigenvalue weighted by atomic mass is 10.2. The zero-order valence-electron chi connectivity index (χ0n) is 10.8. The van der Waals surface area contributed by atoms with Crippen molar-refractivity contribution in [1.29, 1.82) is 0 Å². The minimum Gasteiger partial charge on any atom is -0.493 e. The lowest BCUT2D eigenvalue weighted by Crippen LogP contribution is -2.06. The van der Waals surface area contributed by atoms with Crippen molar-refractivity contribution in [3.05, 3.63) is 30.4 Å². The summed E-state index contributed by atoms with van der Waals surface area (Å²) in [5.41, 5.74) is 0.689. The lowest BCUT2D eigenvalue weighted by molar-refractivity contribution is 0.239. The highest BCUT2D eigenvalue weighted by Gasteiger charge is 2.04.